The molecule has 0 aliphatic carbocycles. The van der Waals surface area contributed by atoms with Gasteiger partial charge in [0.15, 0.2) is 0 Å². The number of alkyl halides is 2. The molecule has 110 valence electrons. The molecule has 0 heterocycles. The lowest BCUT2D eigenvalue weighted by Crippen LogP contribution is -2.12. The van der Waals surface area contributed by atoms with E-state index in [1.165, 1.54) is 24.3 Å². The summed E-state index contributed by atoms with van der Waals surface area (Å²) in [6.07, 6.45) is 0. The van der Waals surface area contributed by atoms with E-state index in [0.29, 0.717) is 15.7 Å². The first-order valence-corrected chi connectivity index (χ1v) is 6.87. The fourth-order valence-corrected chi connectivity index (χ4v) is 2.16. The Labute approximate surface area is 129 Å². The van der Waals surface area contributed by atoms with Gasteiger partial charge in [-0.1, -0.05) is 11.6 Å². The van der Waals surface area contributed by atoms with Crippen LogP contribution in [0.5, 0.6) is 5.75 Å². The molecule has 1 N–H and O–H groups in total. The van der Waals surface area contributed by atoms with E-state index < -0.39 is 6.61 Å². The topological polar surface area (TPSA) is 38.3 Å². The molecule has 2 aromatic rings. The molecule has 3 nitrogen and oxygen atoms in total. The number of nitrogens with one attached hydrogen (secondary N) is 1. The Bertz CT molecular complexity index is 645. The largest absolute Gasteiger partial charge is 0.435 e. The van der Waals surface area contributed by atoms with E-state index in [1.54, 1.807) is 12.1 Å². The number of rotatable bonds is 4. The number of hydrogen-bond acceptors (Lipinski definition) is 2. The van der Waals surface area contributed by atoms with Crippen LogP contribution in [0.3, 0.4) is 0 Å². The number of amides is 1. The van der Waals surface area contributed by atoms with Gasteiger partial charge in [-0.05, 0) is 59.3 Å². The van der Waals surface area contributed by atoms with Crippen LogP contribution in [0.1, 0.15) is 15.9 Å². The van der Waals surface area contributed by atoms with Gasteiger partial charge in [0, 0.05) is 10.2 Å². The van der Waals surface area contributed by atoms with Crippen molar-refractivity contribution in [2.24, 2.45) is 0 Å². The summed E-state index contributed by atoms with van der Waals surface area (Å²) >= 11 is 3.32. The highest BCUT2D eigenvalue weighted by atomic mass is 79.9. The maximum absolute atomic E-state index is 12.2. The maximum atomic E-state index is 12.2. The van der Waals surface area contributed by atoms with Crippen molar-refractivity contribution >= 4 is 27.5 Å². The standard InChI is InChI=1S/C15H12BrF2NO2/c1-9-2-7-13(16)12(8-9)14(20)19-10-3-5-11(6-4-10)21-15(17)18/h2-8,15H,1H3,(H,19,20). The lowest BCUT2D eigenvalue weighted by molar-refractivity contribution is -0.0498. The van der Waals surface area contributed by atoms with Gasteiger partial charge < -0.3 is 10.1 Å². The number of hydrogen-bond donors (Lipinski definition) is 1. The van der Waals surface area contributed by atoms with Gasteiger partial charge in [0.25, 0.3) is 5.91 Å². The molecule has 2 aromatic carbocycles. The minimum atomic E-state index is -2.87. The second-order valence-corrected chi connectivity index (χ2v) is 5.19. The third kappa shape index (κ3) is 4.26. The number of carbonyl (C=O) groups excluding carboxylic acids is 1. The van der Waals surface area contributed by atoms with Gasteiger partial charge in [0.05, 0.1) is 5.56 Å². The number of carbonyl (C=O) groups is 1. The van der Waals surface area contributed by atoms with Gasteiger partial charge in [-0.2, -0.15) is 8.78 Å². The van der Waals surface area contributed by atoms with Crippen molar-refractivity contribution in [1.82, 2.24) is 0 Å². The van der Waals surface area contributed by atoms with E-state index in [4.69, 9.17) is 0 Å². The quantitative estimate of drug-likeness (QED) is 0.869. The van der Waals surface area contributed by atoms with Crippen LogP contribution >= 0.6 is 15.9 Å². The fraction of sp³-hybridized carbons (Fsp3) is 0.133. The summed E-state index contributed by atoms with van der Waals surface area (Å²) in [5.74, 6) is -0.243. The number of aryl methyl sites for hydroxylation is 1. The monoisotopic (exact) mass is 355 g/mol. The van der Waals surface area contributed by atoms with Crippen molar-refractivity contribution in [2.75, 3.05) is 5.32 Å². The molecule has 1 amide bonds. The second kappa shape index (κ2) is 6.67. The van der Waals surface area contributed by atoms with E-state index in [2.05, 4.69) is 26.0 Å². The SMILES string of the molecule is Cc1ccc(Br)c(C(=O)Nc2ccc(OC(F)F)cc2)c1. The highest BCUT2D eigenvalue weighted by molar-refractivity contribution is 9.10. The first-order valence-electron chi connectivity index (χ1n) is 6.08. The lowest BCUT2D eigenvalue weighted by atomic mass is 10.1. The van der Waals surface area contributed by atoms with Gasteiger partial charge in [-0.3, -0.25) is 4.79 Å². The number of halogens is 3. The zero-order valence-corrected chi connectivity index (χ0v) is 12.7. The van der Waals surface area contributed by atoms with E-state index in [-0.39, 0.29) is 11.7 Å². The molecule has 0 fully saturated rings. The summed E-state index contributed by atoms with van der Waals surface area (Å²) < 4.78 is 29.0. The lowest BCUT2D eigenvalue weighted by Gasteiger charge is -2.09. The molecule has 0 aliphatic heterocycles. The van der Waals surface area contributed by atoms with Crippen molar-refractivity contribution in [2.45, 2.75) is 13.5 Å². The molecule has 0 radical (unpaired) electrons. The Hall–Kier alpha value is -1.95. The van der Waals surface area contributed by atoms with Crippen molar-refractivity contribution in [1.29, 1.82) is 0 Å². The summed E-state index contributed by atoms with van der Waals surface area (Å²) in [6, 6.07) is 11.2. The third-order valence-corrected chi connectivity index (χ3v) is 3.40. The van der Waals surface area contributed by atoms with Crippen molar-refractivity contribution < 1.29 is 18.3 Å². The molecular formula is C15H12BrF2NO2. The van der Waals surface area contributed by atoms with Gasteiger partial charge in [0.1, 0.15) is 5.75 Å². The third-order valence-electron chi connectivity index (χ3n) is 2.70. The molecule has 6 heteroatoms. The number of anilines is 1. The Morgan fingerprint density at radius 2 is 1.86 bits per heavy atom. The molecule has 0 saturated carbocycles. The van der Waals surface area contributed by atoms with Crippen LogP contribution in [0.15, 0.2) is 46.9 Å². The Morgan fingerprint density at radius 3 is 2.48 bits per heavy atom. The van der Waals surface area contributed by atoms with Crippen molar-refractivity contribution in [3.63, 3.8) is 0 Å². The molecule has 0 unspecified atom stereocenters. The highest BCUT2D eigenvalue weighted by Gasteiger charge is 2.11. The molecule has 0 bridgehead atoms. The predicted octanol–water partition coefficient (Wildman–Crippen LogP) is 4.61. The minimum absolute atomic E-state index is 0.0414. The van der Waals surface area contributed by atoms with Crippen LogP contribution in [0, 0.1) is 6.92 Å². The maximum Gasteiger partial charge on any atom is 0.387 e. The van der Waals surface area contributed by atoms with Crippen LogP contribution in [0.2, 0.25) is 0 Å². The van der Waals surface area contributed by atoms with Crippen molar-refractivity contribution in [3.8, 4) is 5.75 Å². The minimum Gasteiger partial charge on any atom is -0.435 e. The Balaban J connectivity index is 2.10. The van der Waals surface area contributed by atoms with Gasteiger partial charge >= 0.3 is 6.61 Å². The highest BCUT2D eigenvalue weighted by Crippen LogP contribution is 2.21. The summed E-state index contributed by atoms with van der Waals surface area (Å²) in [4.78, 5) is 12.2. The average molecular weight is 356 g/mol. The summed E-state index contributed by atoms with van der Waals surface area (Å²) in [6.45, 7) is -0.978. The molecule has 0 aromatic heterocycles. The van der Waals surface area contributed by atoms with Crippen LogP contribution in [-0.2, 0) is 0 Å². The normalized spacial score (nSPS) is 10.5. The first-order chi connectivity index (χ1) is 9.95. The molecule has 2 rings (SSSR count). The summed E-state index contributed by atoms with van der Waals surface area (Å²) in [5, 5.41) is 2.69. The smallest absolute Gasteiger partial charge is 0.387 e. The molecule has 0 saturated heterocycles. The van der Waals surface area contributed by atoms with E-state index in [1.807, 2.05) is 13.0 Å². The van der Waals surface area contributed by atoms with E-state index >= 15 is 0 Å². The van der Waals surface area contributed by atoms with Crippen LogP contribution < -0.4 is 10.1 Å². The molecule has 0 spiro atoms. The fourth-order valence-electron chi connectivity index (χ4n) is 1.73. The van der Waals surface area contributed by atoms with Gasteiger partial charge in [-0.25, -0.2) is 0 Å². The van der Waals surface area contributed by atoms with Crippen LogP contribution in [0.25, 0.3) is 0 Å². The Kier molecular flexibility index (Phi) is 4.90. The number of ether oxygens (including phenoxy) is 1. The average Bonchev–Trinajstić information content (AvgIpc) is 2.43. The second-order valence-electron chi connectivity index (χ2n) is 4.34. The van der Waals surface area contributed by atoms with Crippen LogP contribution in [0.4, 0.5) is 14.5 Å². The van der Waals surface area contributed by atoms with Gasteiger partial charge in [0.2, 0.25) is 0 Å². The predicted molar refractivity (Wildman–Crippen MR) is 79.9 cm³/mol. The zero-order chi connectivity index (χ0) is 15.4. The summed E-state index contributed by atoms with van der Waals surface area (Å²) in [5.41, 5.74) is 1.96. The zero-order valence-electron chi connectivity index (χ0n) is 11.1. The molecule has 0 atom stereocenters. The molecule has 0 aliphatic rings. The molecular weight excluding hydrogens is 344 g/mol. The Morgan fingerprint density at radius 1 is 1.19 bits per heavy atom. The van der Waals surface area contributed by atoms with E-state index in [9.17, 15) is 13.6 Å². The van der Waals surface area contributed by atoms with Crippen LogP contribution in [-0.4, -0.2) is 12.5 Å². The molecule has 21 heavy (non-hydrogen) atoms. The number of benzene rings is 2. The van der Waals surface area contributed by atoms with Gasteiger partial charge in [-0.15, -0.1) is 0 Å². The summed E-state index contributed by atoms with van der Waals surface area (Å²) in [7, 11) is 0. The van der Waals surface area contributed by atoms with Crippen molar-refractivity contribution in [3.05, 3.63) is 58.1 Å². The van der Waals surface area contributed by atoms with E-state index in [0.717, 1.165) is 5.56 Å². The first kappa shape index (κ1) is 15.4.